The summed E-state index contributed by atoms with van der Waals surface area (Å²) >= 11 is 0. The number of carbonyl (C=O) groups is 1. The molecule has 0 saturated heterocycles. The molecule has 4 nitrogen and oxygen atoms in total. The van der Waals surface area contributed by atoms with Crippen molar-refractivity contribution in [3.05, 3.63) is 48.0 Å². The van der Waals surface area contributed by atoms with E-state index in [1.165, 1.54) is 16.3 Å². The Morgan fingerprint density at radius 2 is 2.00 bits per heavy atom. The third kappa shape index (κ3) is 4.06. The molecule has 24 heavy (non-hydrogen) atoms. The summed E-state index contributed by atoms with van der Waals surface area (Å²) in [6, 6.07) is 14.7. The Morgan fingerprint density at radius 3 is 2.75 bits per heavy atom. The summed E-state index contributed by atoms with van der Waals surface area (Å²) in [6.07, 6.45) is 3.50. The van der Waals surface area contributed by atoms with Crippen LogP contribution in [0.3, 0.4) is 0 Å². The Kier molecular flexibility index (Phi) is 5.36. The maximum Gasteiger partial charge on any atom is 0.317 e. The van der Waals surface area contributed by atoms with Crippen molar-refractivity contribution in [2.24, 2.45) is 5.92 Å². The molecule has 2 atom stereocenters. The van der Waals surface area contributed by atoms with Gasteiger partial charge in [-0.25, -0.2) is 4.79 Å². The zero-order valence-electron chi connectivity index (χ0n) is 14.2. The van der Waals surface area contributed by atoms with Crippen LogP contribution in [0.1, 0.15) is 24.8 Å². The van der Waals surface area contributed by atoms with Gasteiger partial charge in [0.05, 0.1) is 6.10 Å². The Hall–Kier alpha value is -2.07. The van der Waals surface area contributed by atoms with Crippen LogP contribution in [0.2, 0.25) is 0 Å². The molecule has 0 bridgehead atoms. The number of urea groups is 1. The molecule has 0 aliphatic heterocycles. The average molecular weight is 326 g/mol. The first-order chi connectivity index (χ1) is 11.6. The molecular formula is C20H26N2O2. The standard InChI is InChI=1S/C20H26N2O2/c1-22(14-18-7-4-8-19(18)23)20(24)21-12-11-15-9-10-16-5-2-3-6-17(16)13-15/h2-3,5-6,9-10,13,18-19,23H,4,7-8,11-12,14H2,1H3,(H,21,24). The lowest BCUT2D eigenvalue weighted by molar-refractivity contribution is 0.114. The molecule has 3 rings (SSSR count). The number of nitrogens with zero attached hydrogens (tertiary/aromatic N) is 1. The van der Waals surface area contributed by atoms with Crippen LogP contribution >= 0.6 is 0 Å². The van der Waals surface area contributed by atoms with Crippen molar-refractivity contribution in [1.82, 2.24) is 10.2 Å². The number of benzene rings is 2. The molecule has 0 spiro atoms. The fourth-order valence-electron chi connectivity index (χ4n) is 3.51. The van der Waals surface area contributed by atoms with E-state index < -0.39 is 0 Å². The van der Waals surface area contributed by atoms with Gasteiger partial charge in [0.15, 0.2) is 0 Å². The minimum atomic E-state index is -0.252. The molecule has 128 valence electrons. The number of hydrogen-bond acceptors (Lipinski definition) is 2. The second-order valence-electron chi connectivity index (χ2n) is 6.80. The second-order valence-corrected chi connectivity index (χ2v) is 6.80. The molecule has 1 fully saturated rings. The van der Waals surface area contributed by atoms with Crippen LogP contribution in [-0.4, -0.2) is 42.3 Å². The van der Waals surface area contributed by atoms with Gasteiger partial charge in [0.2, 0.25) is 0 Å². The van der Waals surface area contributed by atoms with Gasteiger partial charge in [-0.3, -0.25) is 0 Å². The van der Waals surface area contributed by atoms with Gasteiger partial charge < -0.3 is 15.3 Å². The highest BCUT2D eigenvalue weighted by Gasteiger charge is 2.27. The Bertz CT molecular complexity index is 701. The average Bonchev–Trinajstić information content (AvgIpc) is 2.99. The summed E-state index contributed by atoms with van der Waals surface area (Å²) < 4.78 is 0. The van der Waals surface area contributed by atoms with E-state index in [1.807, 2.05) is 12.1 Å². The summed E-state index contributed by atoms with van der Waals surface area (Å²) in [5.41, 5.74) is 1.22. The van der Waals surface area contributed by atoms with Gasteiger partial charge in [-0.2, -0.15) is 0 Å². The predicted molar refractivity (Wildman–Crippen MR) is 97.0 cm³/mol. The van der Waals surface area contributed by atoms with Crippen LogP contribution in [-0.2, 0) is 6.42 Å². The molecule has 1 saturated carbocycles. The smallest absolute Gasteiger partial charge is 0.317 e. The number of amides is 2. The topological polar surface area (TPSA) is 52.6 Å². The van der Waals surface area contributed by atoms with Gasteiger partial charge in [-0.05, 0) is 35.6 Å². The van der Waals surface area contributed by atoms with Crippen LogP contribution in [0.25, 0.3) is 10.8 Å². The first-order valence-corrected chi connectivity index (χ1v) is 8.78. The van der Waals surface area contributed by atoms with Crippen molar-refractivity contribution in [3.63, 3.8) is 0 Å². The van der Waals surface area contributed by atoms with Crippen LogP contribution in [0.5, 0.6) is 0 Å². The third-order valence-electron chi connectivity index (χ3n) is 4.98. The monoisotopic (exact) mass is 326 g/mol. The van der Waals surface area contributed by atoms with Crippen molar-refractivity contribution in [2.45, 2.75) is 31.8 Å². The van der Waals surface area contributed by atoms with Gasteiger partial charge in [0.25, 0.3) is 0 Å². The number of aliphatic hydroxyl groups excluding tert-OH is 1. The van der Waals surface area contributed by atoms with Crippen LogP contribution in [0.15, 0.2) is 42.5 Å². The van der Waals surface area contributed by atoms with E-state index in [0.29, 0.717) is 13.1 Å². The number of rotatable bonds is 5. The fourth-order valence-corrected chi connectivity index (χ4v) is 3.51. The number of nitrogens with one attached hydrogen (secondary N) is 1. The highest BCUT2D eigenvalue weighted by atomic mass is 16.3. The molecule has 2 aromatic carbocycles. The number of aliphatic hydroxyl groups is 1. The lowest BCUT2D eigenvalue weighted by Crippen LogP contribution is -2.41. The van der Waals surface area contributed by atoms with Crippen molar-refractivity contribution in [3.8, 4) is 0 Å². The van der Waals surface area contributed by atoms with E-state index in [2.05, 4.69) is 35.6 Å². The summed E-state index contributed by atoms with van der Waals surface area (Å²) in [4.78, 5) is 13.9. The molecular weight excluding hydrogens is 300 g/mol. The van der Waals surface area contributed by atoms with E-state index in [9.17, 15) is 9.90 Å². The lowest BCUT2D eigenvalue weighted by atomic mass is 10.1. The van der Waals surface area contributed by atoms with Crippen LogP contribution in [0.4, 0.5) is 4.79 Å². The lowest BCUT2D eigenvalue weighted by Gasteiger charge is -2.23. The molecule has 2 aromatic rings. The van der Waals surface area contributed by atoms with E-state index in [0.717, 1.165) is 25.7 Å². The zero-order chi connectivity index (χ0) is 16.9. The highest BCUT2D eigenvalue weighted by molar-refractivity contribution is 5.83. The van der Waals surface area contributed by atoms with Crippen molar-refractivity contribution >= 4 is 16.8 Å². The van der Waals surface area contributed by atoms with E-state index in [-0.39, 0.29) is 18.1 Å². The van der Waals surface area contributed by atoms with Gasteiger partial charge in [0.1, 0.15) is 0 Å². The number of carbonyl (C=O) groups excluding carboxylic acids is 1. The van der Waals surface area contributed by atoms with Gasteiger partial charge in [-0.15, -0.1) is 0 Å². The Morgan fingerprint density at radius 1 is 1.21 bits per heavy atom. The van der Waals surface area contributed by atoms with Crippen LogP contribution < -0.4 is 5.32 Å². The summed E-state index contributed by atoms with van der Waals surface area (Å²) in [7, 11) is 1.80. The Labute approximate surface area is 143 Å². The maximum atomic E-state index is 12.2. The van der Waals surface area contributed by atoms with Crippen molar-refractivity contribution < 1.29 is 9.90 Å². The molecule has 0 radical (unpaired) electrons. The molecule has 0 aromatic heterocycles. The van der Waals surface area contributed by atoms with Gasteiger partial charge in [0, 0.05) is 26.1 Å². The summed E-state index contributed by atoms with van der Waals surface area (Å²) in [5, 5.41) is 15.3. The van der Waals surface area contributed by atoms with E-state index >= 15 is 0 Å². The fraction of sp³-hybridized carbons (Fsp3) is 0.450. The molecule has 2 unspecified atom stereocenters. The third-order valence-corrected chi connectivity index (χ3v) is 4.98. The number of fused-ring (bicyclic) bond motifs is 1. The predicted octanol–water partition coefficient (Wildman–Crippen LogP) is 3.18. The minimum Gasteiger partial charge on any atom is -0.393 e. The molecule has 4 heteroatoms. The van der Waals surface area contributed by atoms with Crippen molar-refractivity contribution in [2.75, 3.05) is 20.1 Å². The molecule has 2 N–H and O–H groups in total. The quantitative estimate of drug-likeness (QED) is 0.886. The van der Waals surface area contributed by atoms with E-state index in [4.69, 9.17) is 0 Å². The molecule has 2 amide bonds. The maximum absolute atomic E-state index is 12.2. The summed E-state index contributed by atoms with van der Waals surface area (Å²) in [5.74, 6) is 0.223. The Balaban J connectivity index is 1.47. The first kappa shape index (κ1) is 16.8. The zero-order valence-corrected chi connectivity index (χ0v) is 14.2. The first-order valence-electron chi connectivity index (χ1n) is 8.78. The van der Waals surface area contributed by atoms with E-state index in [1.54, 1.807) is 11.9 Å². The highest BCUT2D eigenvalue weighted by Crippen LogP contribution is 2.25. The van der Waals surface area contributed by atoms with Gasteiger partial charge in [-0.1, -0.05) is 48.9 Å². The number of hydrogen-bond donors (Lipinski definition) is 2. The summed E-state index contributed by atoms with van der Waals surface area (Å²) in [6.45, 7) is 1.25. The molecule has 1 aliphatic carbocycles. The van der Waals surface area contributed by atoms with Crippen molar-refractivity contribution in [1.29, 1.82) is 0 Å². The largest absolute Gasteiger partial charge is 0.393 e. The van der Waals surface area contributed by atoms with Crippen LogP contribution in [0, 0.1) is 5.92 Å². The van der Waals surface area contributed by atoms with Gasteiger partial charge >= 0.3 is 6.03 Å². The molecule has 0 heterocycles. The second kappa shape index (κ2) is 7.67. The molecule has 1 aliphatic rings. The normalized spacial score (nSPS) is 20.2. The SMILES string of the molecule is CN(CC1CCCC1O)C(=O)NCCc1ccc2ccccc2c1. The minimum absolute atomic E-state index is 0.0603.